The maximum Gasteiger partial charge on any atom is 0.308 e. The van der Waals surface area contributed by atoms with E-state index >= 15 is 0 Å². The second-order valence-electron chi connectivity index (χ2n) is 6.97. The zero-order chi connectivity index (χ0) is 21.1. The van der Waals surface area contributed by atoms with Crippen LogP contribution in [0, 0.1) is 6.92 Å². The van der Waals surface area contributed by atoms with Gasteiger partial charge in [0.2, 0.25) is 0 Å². The minimum Gasteiger partial charge on any atom is -0.427 e. The molecule has 1 heterocycles. The van der Waals surface area contributed by atoms with Crippen molar-refractivity contribution in [1.29, 1.82) is 0 Å². The molecule has 3 aromatic carbocycles. The number of ether oxygens (including phenoxy) is 1. The van der Waals surface area contributed by atoms with Crippen LogP contribution < -0.4 is 10.3 Å². The first-order valence-corrected chi connectivity index (χ1v) is 9.57. The number of fused-ring (bicyclic) bond motifs is 1. The van der Waals surface area contributed by atoms with Gasteiger partial charge in [-0.1, -0.05) is 42.5 Å². The fraction of sp³-hybridized carbons (Fsp3) is 0.0800. The number of aryl methyl sites for hydroxylation is 1. The molecule has 0 fully saturated rings. The monoisotopic (exact) mass is 396 g/mol. The highest BCUT2D eigenvalue weighted by atomic mass is 16.5. The molecular weight excluding hydrogens is 376 g/mol. The van der Waals surface area contributed by atoms with Crippen LogP contribution in [0.25, 0.3) is 28.7 Å². The molecule has 0 bridgehead atoms. The molecule has 4 rings (SSSR count). The fourth-order valence-corrected chi connectivity index (χ4v) is 3.30. The van der Waals surface area contributed by atoms with Crippen LogP contribution in [-0.2, 0) is 4.79 Å². The summed E-state index contributed by atoms with van der Waals surface area (Å²) in [5.41, 5.74) is 3.15. The lowest BCUT2D eigenvalue weighted by molar-refractivity contribution is -0.131. The lowest BCUT2D eigenvalue weighted by atomic mass is 10.1. The highest BCUT2D eigenvalue weighted by Gasteiger charge is 2.11. The molecule has 0 aliphatic rings. The van der Waals surface area contributed by atoms with Crippen molar-refractivity contribution < 1.29 is 9.53 Å². The van der Waals surface area contributed by atoms with E-state index in [9.17, 15) is 9.59 Å². The van der Waals surface area contributed by atoms with Gasteiger partial charge in [0.1, 0.15) is 11.6 Å². The molecule has 5 heteroatoms. The molecule has 0 aliphatic heterocycles. The molecule has 0 radical (unpaired) electrons. The Kier molecular flexibility index (Phi) is 5.26. The van der Waals surface area contributed by atoms with Gasteiger partial charge < -0.3 is 4.74 Å². The van der Waals surface area contributed by atoms with E-state index in [1.807, 2.05) is 61.5 Å². The highest BCUT2D eigenvalue weighted by molar-refractivity contribution is 5.80. The van der Waals surface area contributed by atoms with Crippen LogP contribution in [0.5, 0.6) is 5.75 Å². The Bertz CT molecular complexity index is 1340. The number of esters is 1. The van der Waals surface area contributed by atoms with E-state index in [-0.39, 0.29) is 11.5 Å². The second-order valence-corrected chi connectivity index (χ2v) is 6.97. The standard InChI is InChI=1S/C25H20N2O3/c1-17-7-5-9-20(15-17)27-24(26-23-12-4-3-11-22(23)25(27)29)14-13-19-8-6-10-21(16-19)30-18(2)28/h3-16H,1-2H3. The van der Waals surface area contributed by atoms with Gasteiger partial charge in [-0.2, -0.15) is 0 Å². The lowest BCUT2D eigenvalue weighted by Crippen LogP contribution is -2.22. The first kappa shape index (κ1) is 19.3. The molecule has 0 atom stereocenters. The van der Waals surface area contributed by atoms with Crippen molar-refractivity contribution >= 4 is 29.0 Å². The molecule has 0 amide bonds. The minimum atomic E-state index is -0.374. The van der Waals surface area contributed by atoms with Gasteiger partial charge in [-0.3, -0.25) is 14.2 Å². The van der Waals surface area contributed by atoms with Crippen LogP contribution in [0.15, 0.2) is 77.6 Å². The van der Waals surface area contributed by atoms with Crippen LogP contribution >= 0.6 is 0 Å². The van der Waals surface area contributed by atoms with Gasteiger partial charge in [-0.25, -0.2) is 4.98 Å². The van der Waals surface area contributed by atoms with E-state index in [1.54, 1.807) is 34.9 Å². The van der Waals surface area contributed by atoms with Crippen molar-refractivity contribution in [3.05, 3.63) is 100 Å². The number of hydrogen-bond donors (Lipinski definition) is 0. The van der Waals surface area contributed by atoms with Crippen molar-refractivity contribution in [1.82, 2.24) is 9.55 Å². The first-order chi connectivity index (χ1) is 14.5. The fourth-order valence-electron chi connectivity index (χ4n) is 3.30. The average Bonchev–Trinajstić information content (AvgIpc) is 2.72. The summed E-state index contributed by atoms with van der Waals surface area (Å²) in [5, 5.41) is 0.563. The van der Waals surface area contributed by atoms with E-state index in [2.05, 4.69) is 0 Å². The average molecular weight is 396 g/mol. The summed E-state index contributed by atoms with van der Waals surface area (Å²) in [6.45, 7) is 3.35. The quantitative estimate of drug-likeness (QED) is 0.368. The largest absolute Gasteiger partial charge is 0.427 e. The molecule has 0 spiro atoms. The Hall–Kier alpha value is -3.99. The predicted octanol–water partition coefficient (Wildman–Crippen LogP) is 4.79. The number of carbonyl (C=O) groups excluding carboxylic acids is 1. The lowest BCUT2D eigenvalue weighted by Gasteiger charge is -2.12. The minimum absolute atomic E-state index is 0.125. The van der Waals surface area contributed by atoms with Crippen LogP contribution in [0.1, 0.15) is 23.9 Å². The van der Waals surface area contributed by atoms with Crippen molar-refractivity contribution in [2.75, 3.05) is 0 Å². The molecule has 30 heavy (non-hydrogen) atoms. The normalized spacial score (nSPS) is 11.1. The Morgan fingerprint density at radius 2 is 1.77 bits per heavy atom. The third-order valence-electron chi connectivity index (χ3n) is 4.61. The molecule has 4 aromatic rings. The maximum atomic E-state index is 13.3. The molecular formula is C25H20N2O3. The zero-order valence-electron chi connectivity index (χ0n) is 16.7. The molecule has 148 valence electrons. The van der Waals surface area contributed by atoms with Gasteiger partial charge >= 0.3 is 5.97 Å². The number of benzene rings is 3. The topological polar surface area (TPSA) is 61.2 Å². The number of aromatic nitrogens is 2. The number of nitrogens with zero attached hydrogens (tertiary/aromatic N) is 2. The van der Waals surface area contributed by atoms with Gasteiger partial charge in [0.15, 0.2) is 0 Å². The third kappa shape index (κ3) is 4.05. The van der Waals surface area contributed by atoms with Crippen LogP contribution in [0.2, 0.25) is 0 Å². The first-order valence-electron chi connectivity index (χ1n) is 9.57. The molecule has 0 saturated carbocycles. The summed E-state index contributed by atoms with van der Waals surface area (Å²) in [4.78, 5) is 29.2. The Labute approximate surface area is 173 Å². The van der Waals surface area contributed by atoms with E-state index in [4.69, 9.17) is 9.72 Å². The summed E-state index contributed by atoms with van der Waals surface area (Å²) in [6.07, 6.45) is 3.64. The van der Waals surface area contributed by atoms with Gasteiger partial charge in [0.05, 0.1) is 16.6 Å². The molecule has 0 aliphatic carbocycles. The number of para-hydroxylation sites is 1. The van der Waals surface area contributed by atoms with E-state index in [0.29, 0.717) is 22.5 Å². The van der Waals surface area contributed by atoms with Gasteiger partial charge in [0, 0.05) is 6.92 Å². The van der Waals surface area contributed by atoms with Crippen molar-refractivity contribution in [3.63, 3.8) is 0 Å². The Morgan fingerprint density at radius 3 is 2.57 bits per heavy atom. The molecule has 1 aromatic heterocycles. The SMILES string of the molecule is CC(=O)Oc1cccc(C=Cc2nc3ccccc3c(=O)n2-c2cccc(C)c2)c1. The summed E-state index contributed by atoms with van der Waals surface area (Å²) in [5.74, 6) is 0.606. The highest BCUT2D eigenvalue weighted by Crippen LogP contribution is 2.18. The van der Waals surface area contributed by atoms with E-state index in [1.165, 1.54) is 6.92 Å². The van der Waals surface area contributed by atoms with Crippen molar-refractivity contribution in [2.24, 2.45) is 0 Å². The van der Waals surface area contributed by atoms with Gasteiger partial charge in [0.25, 0.3) is 5.56 Å². The molecule has 5 nitrogen and oxygen atoms in total. The third-order valence-corrected chi connectivity index (χ3v) is 4.61. The maximum absolute atomic E-state index is 13.3. The number of hydrogen-bond acceptors (Lipinski definition) is 4. The Balaban J connectivity index is 1.86. The van der Waals surface area contributed by atoms with Crippen molar-refractivity contribution in [2.45, 2.75) is 13.8 Å². The van der Waals surface area contributed by atoms with Gasteiger partial charge in [-0.05, 0) is 60.5 Å². The predicted molar refractivity (Wildman–Crippen MR) is 119 cm³/mol. The Morgan fingerprint density at radius 1 is 0.967 bits per heavy atom. The molecule has 0 N–H and O–H groups in total. The number of carbonyl (C=O) groups is 1. The molecule has 0 unspecified atom stereocenters. The summed E-state index contributed by atoms with van der Waals surface area (Å²) < 4.78 is 6.76. The number of rotatable bonds is 4. The summed E-state index contributed by atoms with van der Waals surface area (Å²) in [6, 6.07) is 22.2. The second kappa shape index (κ2) is 8.17. The van der Waals surface area contributed by atoms with E-state index in [0.717, 1.165) is 16.8 Å². The summed E-state index contributed by atoms with van der Waals surface area (Å²) in [7, 11) is 0. The van der Waals surface area contributed by atoms with E-state index < -0.39 is 0 Å². The smallest absolute Gasteiger partial charge is 0.308 e. The van der Waals surface area contributed by atoms with Crippen LogP contribution in [0.4, 0.5) is 0 Å². The van der Waals surface area contributed by atoms with Crippen molar-refractivity contribution in [3.8, 4) is 11.4 Å². The summed E-state index contributed by atoms with van der Waals surface area (Å²) >= 11 is 0. The molecule has 0 saturated heterocycles. The van der Waals surface area contributed by atoms with Crippen LogP contribution in [0.3, 0.4) is 0 Å². The van der Waals surface area contributed by atoms with Crippen LogP contribution in [-0.4, -0.2) is 15.5 Å². The van der Waals surface area contributed by atoms with Gasteiger partial charge in [-0.15, -0.1) is 0 Å². The zero-order valence-corrected chi connectivity index (χ0v) is 16.7.